The fourth-order valence-electron chi connectivity index (χ4n) is 3.82. The van der Waals surface area contributed by atoms with E-state index < -0.39 is 0 Å². The largest absolute Gasteiger partial charge is 0.353 e. The zero-order valence-electron chi connectivity index (χ0n) is 18.1. The summed E-state index contributed by atoms with van der Waals surface area (Å²) < 4.78 is 5.28. The fraction of sp³-hybridized carbons (Fsp3) is 0.292. The van der Waals surface area contributed by atoms with Crippen LogP contribution in [0.2, 0.25) is 0 Å². The van der Waals surface area contributed by atoms with Crippen molar-refractivity contribution in [2.24, 2.45) is 0 Å². The number of hydrogen-bond acceptors (Lipinski definition) is 7. The van der Waals surface area contributed by atoms with E-state index in [-0.39, 0.29) is 11.8 Å². The first kappa shape index (κ1) is 20.1. The van der Waals surface area contributed by atoms with E-state index in [0.717, 1.165) is 35.4 Å². The summed E-state index contributed by atoms with van der Waals surface area (Å²) >= 11 is 0. The van der Waals surface area contributed by atoms with Crippen LogP contribution in [0.3, 0.4) is 0 Å². The van der Waals surface area contributed by atoms with Crippen molar-refractivity contribution in [2.75, 3.05) is 31.1 Å². The maximum atomic E-state index is 13.0. The SMILES string of the molecule is CC(C)c1nc(-c2ccc(N3CCN(C(=O)c4ccc5ncccc5c4)CC3)nc2)no1. The molecule has 0 bridgehead atoms. The van der Waals surface area contributed by atoms with E-state index in [1.54, 1.807) is 12.4 Å². The molecule has 0 aliphatic carbocycles. The second kappa shape index (κ2) is 8.37. The molecule has 3 aromatic heterocycles. The Morgan fingerprint density at radius 1 is 1.03 bits per heavy atom. The van der Waals surface area contributed by atoms with Crippen LogP contribution >= 0.6 is 0 Å². The lowest BCUT2D eigenvalue weighted by Gasteiger charge is -2.35. The third-order valence-electron chi connectivity index (χ3n) is 5.68. The first-order valence-electron chi connectivity index (χ1n) is 10.8. The zero-order chi connectivity index (χ0) is 22.1. The lowest BCUT2D eigenvalue weighted by molar-refractivity contribution is 0.0746. The average Bonchev–Trinajstić information content (AvgIpc) is 3.34. The van der Waals surface area contributed by atoms with Crippen molar-refractivity contribution in [1.29, 1.82) is 0 Å². The number of fused-ring (bicyclic) bond motifs is 1. The van der Waals surface area contributed by atoms with E-state index in [4.69, 9.17) is 4.52 Å². The molecule has 4 aromatic rings. The van der Waals surface area contributed by atoms with Crippen LogP contribution in [0.25, 0.3) is 22.3 Å². The Morgan fingerprint density at radius 3 is 2.59 bits per heavy atom. The van der Waals surface area contributed by atoms with Crippen molar-refractivity contribution in [3.05, 3.63) is 66.3 Å². The number of carbonyl (C=O) groups is 1. The molecule has 8 heteroatoms. The van der Waals surface area contributed by atoms with E-state index in [1.807, 2.05) is 61.2 Å². The van der Waals surface area contributed by atoms with E-state index in [1.165, 1.54) is 0 Å². The van der Waals surface area contributed by atoms with Gasteiger partial charge in [-0.15, -0.1) is 0 Å². The fourth-order valence-corrected chi connectivity index (χ4v) is 3.82. The van der Waals surface area contributed by atoms with Gasteiger partial charge in [-0.3, -0.25) is 9.78 Å². The molecule has 0 radical (unpaired) electrons. The zero-order valence-corrected chi connectivity index (χ0v) is 18.1. The molecule has 1 aromatic carbocycles. The summed E-state index contributed by atoms with van der Waals surface area (Å²) in [6.45, 7) is 6.78. The summed E-state index contributed by atoms with van der Waals surface area (Å²) in [6.07, 6.45) is 3.53. The minimum absolute atomic E-state index is 0.0526. The molecule has 0 saturated carbocycles. The van der Waals surface area contributed by atoms with Gasteiger partial charge in [-0.2, -0.15) is 4.98 Å². The summed E-state index contributed by atoms with van der Waals surface area (Å²) in [4.78, 5) is 30.4. The molecule has 0 unspecified atom stereocenters. The van der Waals surface area contributed by atoms with Gasteiger partial charge in [0, 0.05) is 61.0 Å². The van der Waals surface area contributed by atoms with Crippen molar-refractivity contribution >= 4 is 22.6 Å². The highest BCUT2D eigenvalue weighted by molar-refractivity contribution is 5.98. The van der Waals surface area contributed by atoms with Gasteiger partial charge in [0.15, 0.2) is 0 Å². The van der Waals surface area contributed by atoms with Crippen LogP contribution in [-0.2, 0) is 0 Å². The van der Waals surface area contributed by atoms with Crippen LogP contribution in [0.1, 0.15) is 36.0 Å². The summed E-state index contributed by atoms with van der Waals surface area (Å²) in [5.74, 6) is 2.29. The van der Waals surface area contributed by atoms with Crippen LogP contribution in [0.15, 0.2) is 59.4 Å². The molecular formula is C24H24N6O2. The molecule has 0 atom stereocenters. The monoisotopic (exact) mass is 428 g/mol. The molecule has 32 heavy (non-hydrogen) atoms. The number of pyridine rings is 2. The van der Waals surface area contributed by atoms with Gasteiger partial charge in [-0.05, 0) is 36.4 Å². The number of nitrogens with zero attached hydrogens (tertiary/aromatic N) is 6. The normalized spacial score (nSPS) is 14.3. The van der Waals surface area contributed by atoms with Crippen molar-refractivity contribution in [3.8, 4) is 11.4 Å². The quantitative estimate of drug-likeness (QED) is 0.489. The molecule has 1 fully saturated rings. The third-order valence-corrected chi connectivity index (χ3v) is 5.68. The van der Waals surface area contributed by atoms with E-state index in [0.29, 0.717) is 30.4 Å². The molecule has 1 amide bonds. The van der Waals surface area contributed by atoms with Crippen LogP contribution < -0.4 is 4.90 Å². The minimum Gasteiger partial charge on any atom is -0.353 e. The molecule has 4 heterocycles. The second-order valence-corrected chi connectivity index (χ2v) is 8.21. The summed E-state index contributed by atoms with van der Waals surface area (Å²) in [6, 6.07) is 13.5. The Labute approximate surface area is 185 Å². The number of aromatic nitrogens is 4. The molecule has 1 aliphatic heterocycles. The van der Waals surface area contributed by atoms with Crippen molar-refractivity contribution < 1.29 is 9.32 Å². The first-order valence-corrected chi connectivity index (χ1v) is 10.8. The van der Waals surface area contributed by atoms with Crippen LogP contribution in [-0.4, -0.2) is 57.1 Å². The number of piperazine rings is 1. The summed E-state index contributed by atoms with van der Waals surface area (Å²) in [5.41, 5.74) is 2.41. The molecule has 0 N–H and O–H groups in total. The van der Waals surface area contributed by atoms with Gasteiger partial charge >= 0.3 is 0 Å². The second-order valence-electron chi connectivity index (χ2n) is 8.21. The standard InChI is InChI=1S/C24H24N6O2/c1-16(2)23-27-22(28-32-23)19-6-8-21(26-15-19)29-10-12-30(13-11-29)24(31)18-5-7-20-17(14-18)4-3-9-25-20/h3-9,14-16H,10-13H2,1-2H3. The van der Waals surface area contributed by atoms with Gasteiger partial charge in [0.2, 0.25) is 11.7 Å². The molecular weight excluding hydrogens is 404 g/mol. The Balaban J connectivity index is 1.23. The predicted molar refractivity (Wildman–Crippen MR) is 121 cm³/mol. The van der Waals surface area contributed by atoms with Crippen LogP contribution in [0.4, 0.5) is 5.82 Å². The van der Waals surface area contributed by atoms with Gasteiger partial charge in [0.05, 0.1) is 5.52 Å². The highest BCUT2D eigenvalue weighted by Gasteiger charge is 2.23. The lowest BCUT2D eigenvalue weighted by Crippen LogP contribution is -2.49. The van der Waals surface area contributed by atoms with Gasteiger partial charge in [-0.25, -0.2) is 4.98 Å². The van der Waals surface area contributed by atoms with E-state index in [2.05, 4.69) is 25.0 Å². The molecule has 0 spiro atoms. The maximum absolute atomic E-state index is 13.0. The third kappa shape index (κ3) is 3.91. The van der Waals surface area contributed by atoms with Gasteiger partial charge in [-0.1, -0.05) is 25.1 Å². The molecule has 5 rings (SSSR count). The molecule has 8 nitrogen and oxygen atoms in total. The maximum Gasteiger partial charge on any atom is 0.253 e. The number of amides is 1. The first-order chi connectivity index (χ1) is 15.6. The Kier molecular flexibility index (Phi) is 5.26. The Bertz CT molecular complexity index is 1240. The number of carbonyl (C=O) groups excluding carboxylic acids is 1. The number of rotatable bonds is 4. The van der Waals surface area contributed by atoms with Crippen LogP contribution in [0.5, 0.6) is 0 Å². The number of hydrogen-bond donors (Lipinski definition) is 0. The minimum atomic E-state index is 0.0526. The van der Waals surface area contributed by atoms with Crippen molar-refractivity contribution in [1.82, 2.24) is 25.0 Å². The Morgan fingerprint density at radius 2 is 1.88 bits per heavy atom. The average molecular weight is 428 g/mol. The van der Waals surface area contributed by atoms with Crippen molar-refractivity contribution in [3.63, 3.8) is 0 Å². The lowest BCUT2D eigenvalue weighted by atomic mass is 10.1. The predicted octanol–water partition coefficient (Wildman–Crippen LogP) is 3.77. The van der Waals surface area contributed by atoms with Gasteiger partial charge < -0.3 is 14.3 Å². The molecule has 162 valence electrons. The highest BCUT2D eigenvalue weighted by atomic mass is 16.5. The number of anilines is 1. The Hall–Kier alpha value is -3.81. The smallest absolute Gasteiger partial charge is 0.253 e. The van der Waals surface area contributed by atoms with Gasteiger partial charge in [0.1, 0.15) is 5.82 Å². The van der Waals surface area contributed by atoms with Gasteiger partial charge in [0.25, 0.3) is 5.91 Å². The van der Waals surface area contributed by atoms with E-state index in [9.17, 15) is 4.79 Å². The molecule has 1 aliphatic rings. The number of benzene rings is 1. The van der Waals surface area contributed by atoms with Crippen LogP contribution in [0, 0.1) is 0 Å². The molecule has 1 saturated heterocycles. The summed E-state index contributed by atoms with van der Waals surface area (Å²) in [5, 5.41) is 5.01. The highest BCUT2D eigenvalue weighted by Crippen LogP contribution is 2.22. The summed E-state index contributed by atoms with van der Waals surface area (Å²) in [7, 11) is 0. The van der Waals surface area contributed by atoms with E-state index >= 15 is 0 Å². The topological polar surface area (TPSA) is 88.3 Å². The van der Waals surface area contributed by atoms with Crippen molar-refractivity contribution in [2.45, 2.75) is 19.8 Å².